The van der Waals surface area contributed by atoms with Crippen molar-refractivity contribution in [3.8, 4) is 0 Å². The van der Waals surface area contributed by atoms with Crippen molar-refractivity contribution in [3.63, 3.8) is 0 Å². The Balaban J connectivity index is 2.37. The molecular formula is C13H12BrNO. The molecule has 16 heavy (non-hydrogen) atoms. The van der Waals surface area contributed by atoms with Crippen LogP contribution < -0.4 is 0 Å². The number of hydrogen-bond donors (Lipinski definition) is 1. The lowest BCUT2D eigenvalue weighted by Gasteiger charge is -2.12. The predicted molar refractivity (Wildman–Crippen MR) is 67.2 cm³/mol. The van der Waals surface area contributed by atoms with Crippen LogP contribution in [0.2, 0.25) is 0 Å². The Bertz CT molecular complexity index is 464. The zero-order valence-corrected chi connectivity index (χ0v) is 10.5. The molecule has 0 amide bonds. The van der Waals surface area contributed by atoms with Gasteiger partial charge in [0.1, 0.15) is 6.10 Å². The highest BCUT2D eigenvalue weighted by atomic mass is 79.9. The zero-order valence-electron chi connectivity index (χ0n) is 8.89. The van der Waals surface area contributed by atoms with Crippen LogP contribution in [0.25, 0.3) is 0 Å². The van der Waals surface area contributed by atoms with E-state index in [4.69, 9.17) is 0 Å². The van der Waals surface area contributed by atoms with Crippen molar-refractivity contribution in [2.75, 3.05) is 0 Å². The van der Waals surface area contributed by atoms with E-state index in [1.54, 1.807) is 12.4 Å². The fourth-order valence-corrected chi connectivity index (χ4v) is 2.28. The van der Waals surface area contributed by atoms with E-state index >= 15 is 0 Å². The lowest BCUT2D eigenvalue weighted by Crippen LogP contribution is -2.00. The number of benzene rings is 1. The van der Waals surface area contributed by atoms with Gasteiger partial charge in [-0.25, -0.2) is 0 Å². The Morgan fingerprint density at radius 3 is 2.69 bits per heavy atom. The molecule has 1 heterocycles. The Morgan fingerprint density at radius 1 is 1.25 bits per heavy atom. The van der Waals surface area contributed by atoms with Crippen LogP contribution in [0.3, 0.4) is 0 Å². The van der Waals surface area contributed by atoms with Gasteiger partial charge in [0, 0.05) is 22.4 Å². The van der Waals surface area contributed by atoms with Gasteiger partial charge >= 0.3 is 0 Å². The third-order valence-corrected chi connectivity index (χ3v) is 2.84. The average molecular weight is 278 g/mol. The minimum atomic E-state index is -0.620. The summed E-state index contributed by atoms with van der Waals surface area (Å²) in [7, 11) is 0. The molecule has 2 nitrogen and oxygen atoms in total. The van der Waals surface area contributed by atoms with E-state index in [1.165, 1.54) is 0 Å². The van der Waals surface area contributed by atoms with Gasteiger partial charge in [0.25, 0.3) is 0 Å². The van der Waals surface area contributed by atoms with Gasteiger partial charge < -0.3 is 5.11 Å². The molecule has 3 heteroatoms. The standard InChI is InChI=1S/C13H12BrNO/c1-9-5-11(7-12(14)6-9)13(16)10-3-2-4-15-8-10/h2-8,13,16H,1H3. The third kappa shape index (κ3) is 2.49. The number of aliphatic hydroxyl groups excluding tert-OH is 1. The van der Waals surface area contributed by atoms with Gasteiger partial charge in [-0.3, -0.25) is 4.98 Å². The smallest absolute Gasteiger partial charge is 0.106 e. The van der Waals surface area contributed by atoms with E-state index in [-0.39, 0.29) is 0 Å². The van der Waals surface area contributed by atoms with Gasteiger partial charge in [0.15, 0.2) is 0 Å². The Morgan fingerprint density at radius 2 is 2.06 bits per heavy atom. The van der Waals surface area contributed by atoms with Crippen LogP contribution in [-0.2, 0) is 0 Å². The van der Waals surface area contributed by atoms with E-state index in [0.717, 1.165) is 21.2 Å². The minimum absolute atomic E-state index is 0.620. The summed E-state index contributed by atoms with van der Waals surface area (Å²) in [5.41, 5.74) is 2.80. The highest BCUT2D eigenvalue weighted by molar-refractivity contribution is 9.10. The highest BCUT2D eigenvalue weighted by Crippen LogP contribution is 2.25. The quantitative estimate of drug-likeness (QED) is 0.914. The number of aromatic nitrogens is 1. The molecule has 0 bridgehead atoms. The first-order valence-corrected chi connectivity index (χ1v) is 5.81. The normalized spacial score (nSPS) is 12.4. The molecule has 0 saturated carbocycles. The van der Waals surface area contributed by atoms with Gasteiger partial charge in [0.05, 0.1) is 0 Å². The first kappa shape index (κ1) is 11.3. The van der Waals surface area contributed by atoms with Crippen LogP contribution in [0.4, 0.5) is 0 Å². The molecule has 0 aliphatic heterocycles. The van der Waals surface area contributed by atoms with Crippen LogP contribution in [0, 0.1) is 6.92 Å². The number of halogens is 1. The molecule has 1 atom stereocenters. The fraction of sp³-hybridized carbons (Fsp3) is 0.154. The van der Waals surface area contributed by atoms with Crippen LogP contribution in [0.5, 0.6) is 0 Å². The molecule has 0 fully saturated rings. The minimum Gasteiger partial charge on any atom is -0.384 e. The summed E-state index contributed by atoms with van der Waals surface area (Å²) in [6.07, 6.45) is 2.76. The van der Waals surface area contributed by atoms with Crippen molar-refractivity contribution in [1.29, 1.82) is 0 Å². The maximum Gasteiger partial charge on any atom is 0.106 e. The lowest BCUT2D eigenvalue weighted by atomic mass is 10.0. The summed E-state index contributed by atoms with van der Waals surface area (Å²) >= 11 is 3.43. The molecule has 0 spiro atoms. The highest BCUT2D eigenvalue weighted by Gasteiger charge is 2.11. The van der Waals surface area contributed by atoms with E-state index in [9.17, 15) is 5.11 Å². The van der Waals surface area contributed by atoms with Gasteiger partial charge in [-0.1, -0.05) is 28.1 Å². The SMILES string of the molecule is Cc1cc(Br)cc(C(O)c2cccnc2)c1. The number of rotatable bonds is 2. The van der Waals surface area contributed by atoms with Crippen molar-refractivity contribution < 1.29 is 5.11 Å². The van der Waals surface area contributed by atoms with Gasteiger partial charge in [-0.15, -0.1) is 0 Å². The molecule has 1 unspecified atom stereocenters. The summed E-state index contributed by atoms with van der Waals surface area (Å²) in [6.45, 7) is 2.00. The van der Waals surface area contributed by atoms with Gasteiger partial charge in [-0.2, -0.15) is 0 Å². The number of hydrogen-bond acceptors (Lipinski definition) is 2. The maximum atomic E-state index is 10.2. The van der Waals surface area contributed by atoms with E-state index < -0.39 is 6.10 Å². The summed E-state index contributed by atoms with van der Waals surface area (Å²) in [6, 6.07) is 9.60. The molecule has 0 aliphatic carbocycles. The lowest BCUT2D eigenvalue weighted by molar-refractivity contribution is 0.219. The molecular weight excluding hydrogens is 266 g/mol. The molecule has 1 N–H and O–H groups in total. The van der Waals surface area contributed by atoms with Crippen LogP contribution in [-0.4, -0.2) is 10.1 Å². The number of nitrogens with zero attached hydrogens (tertiary/aromatic N) is 1. The average Bonchev–Trinajstić information content (AvgIpc) is 2.28. The number of pyridine rings is 1. The second-order valence-electron chi connectivity index (χ2n) is 3.75. The first-order chi connectivity index (χ1) is 7.66. The predicted octanol–water partition coefficient (Wildman–Crippen LogP) is 3.23. The monoisotopic (exact) mass is 277 g/mol. The molecule has 0 saturated heterocycles. The molecule has 2 rings (SSSR count). The van der Waals surface area contributed by atoms with E-state index in [2.05, 4.69) is 20.9 Å². The zero-order chi connectivity index (χ0) is 11.5. The summed E-state index contributed by atoms with van der Waals surface area (Å²) in [5, 5.41) is 10.2. The van der Waals surface area contributed by atoms with Crippen molar-refractivity contribution >= 4 is 15.9 Å². The van der Waals surface area contributed by atoms with E-state index in [1.807, 2.05) is 37.3 Å². The van der Waals surface area contributed by atoms with Crippen molar-refractivity contribution in [2.45, 2.75) is 13.0 Å². The fourth-order valence-electron chi connectivity index (χ4n) is 1.65. The van der Waals surface area contributed by atoms with Crippen LogP contribution in [0.1, 0.15) is 22.8 Å². The second-order valence-corrected chi connectivity index (χ2v) is 4.67. The topological polar surface area (TPSA) is 33.1 Å². The number of aliphatic hydroxyl groups is 1. The Labute approximate surface area is 103 Å². The molecule has 0 aliphatic rings. The molecule has 82 valence electrons. The van der Waals surface area contributed by atoms with Crippen molar-refractivity contribution in [2.24, 2.45) is 0 Å². The van der Waals surface area contributed by atoms with Crippen LogP contribution in [0.15, 0.2) is 47.2 Å². The third-order valence-electron chi connectivity index (χ3n) is 2.38. The van der Waals surface area contributed by atoms with Crippen LogP contribution >= 0.6 is 15.9 Å². The van der Waals surface area contributed by atoms with Crippen molar-refractivity contribution in [3.05, 3.63) is 63.9 Å². The summed E-state index contributed by atoms with van der Waals surface area (Å²) in [5.74, 6) is 0. The maximum absolute atomic E-state index is 10.2. The molecule has 1 aromatic heterocycles. The molecule has 1 aromatic carbocycles. The molecule has 2 aromatic rings. The molecule has 0 radical (unpaired) electrons. The summed E-state index contributed by atoms with van der Waals surface area (Å²) < 4.78 is 0.977. The van der Waals surface area contributed by atoms with Gasteiger partial charge in [0.2, 0.25) is 0 Å². The summed E-state index contributed by atoms with van der Waals surface area (Å²) in [4.78, 5) is 4.00. The Hall–Kier alpha value is -1.19. The van der Waals surface area contributed by atoms with Gasteiger partial charge in [-0.05, 0) is 36.2 Å². The largest absolute Gasteiger partial charge is 0.384 e. The second kappa shape index (κ2) is 4.76. The number of aryl methyl sites for hydroxylation is 1. The first-order valence-electron chi connectivity index (χ1n) is 5.02. The van der Waals surface area contributed by atoms with Crippen molar-refractivity contribution in [1.82, 2.24) is 4.98 Å². The van der Waals surface area contributed by atoms with E-state index in [0.29, 0.717) is 0 Å². The Kier molecular flexibility index (Phi) is 3.36.